The van der Waals surface area contributed by atoms with E-state index in [-0.39, 0.29) is 6.79 Å². The summed E-state index contributed by atoms with van der Waals surface area (Å²) >= 11 is 1.75. The number of likely N-dealkylation sites (N-methyl/N-ethyl adjacent to an activating group) is 1. The van der Waals surface area contributed by atoms with Crippen molar-refractivity contribution in [2.75, 3.05) is 47.1 Å². The monoisotopic (exact) mass is 480 g/mol. The number of carbonyl (C=O) groups excluding carboxylic acids is 2. The third-order valence-corrected chi connectivity index (χ3v) is 7.56. The Morgan fingerprint density at radius 1 is 1.12 bits per heavy atom. The molecule has 0 aliphatic carbocycles. The second-order valence-corrected chi connectivity index (χ2v) is 9.68. The highest BCUT2D eigenvalue weighted by molar-refractivity contribution is 7.17. The van der Waals surface area contributed by atoms with Crippen molar-refractivity contribution in [2.24, 2.45) is 0 Å². The second kappa shape index (κ2) is 9.64. The van der Waals surface area contributed by atoms with Crippen molar-refractivity contribution >= 4 is 33.1 Å². The highest BCUT2D eigenvalue weighted by Gasteiger charge is 2.31. The fraction of sp³-hybridized carbons (Fsp3) is 0.385. The van der Waals surface area contributed by atoms with E-state index in [0.717, 1.165) is 37.2 Å². The SMILES string of the molecule is COc1ccc2c(CCN(C)CCCN3CCc4cc5c(cc4C(=O)C3=O)OCO5)csc2c1. The van der Waals surface area contributed by atoms with Crippen LogP contribution in [0.25, 0.3) is 10.1 Å². The molecule has 3 aromatic rings. The minimum Gasteiger partial charge on any atom is -0.497 e. The summed E-state index contributed by atoms with van der Waals surface area (Å²) in [5.74, 6) is 1.17. The van der Waals surface area contributed by atoms with Crippen molar-refractivity contribution in [2.45, 2.75) is 19.3 Å². The van der Waals surface area contributed by atoms with Gasteiger partial charge in [-0.1, -0.05) is 0 Å². The van der Waals surface area contributed by atoms with E-state index in [1.165, 1.54) is 15.6 Å². The number of methoxy groups -OCH3 is 1. The number of hydrogen-bond acceptors (Lipinski definition) is 7. The van der Waals surface area contributed by atoms with Gasteiger partial charge in [-0.05, 0) is 85.1 Å². The molecular weight excluding hydrogens is 452 g/mol. The van der Waals surface area contributed by atoms with E-state index in [1.807, 2.05) is 12.1 Å². The number of ketones is 1. The first-order valence-corrected chi connectivity index (χ1v) is 12.4. The average Bonchev–Trinajstić information content (AvgIpc) is 3.46. The number of thiophene rings is 1. The van der Waals surface area contributed by atoms with Crippen molar-refractivity contribution in [3.63, 3.8) is 0 Å². The molecule has 2 aromatic carbocycles. The number of rotatable bonds is 8. The van der Waals surface area contributed by atoms with E-state index in [1.54, 1.807) is 29.4 Å². The van der Waals surface area contributed by atoms with Gasteiger partial charge >= 0.3 is 0 Å². The smallest absolute Gasteiger partial charge is 0.294 e. The van der Waals surface area contributed by atoms with Gasteiger partial charge < -0.3 is 24.0 Å². The van der Waals surface area contributed by atoms with Crippen LogP contribution in [0.3, 0.4) is 0 Å². The Kier molecular flexibility index (Phi) is 6.43. The maximum atomic E-state index is 12.8. The number of carbonyl (C=O) groups is 2. The molecule has 0 fully saturated rings. The zero-order valence-corrected chi connectivity index (χ0v) is 20.3. The molecule has 0 spiro atoms. The molecule has 34 heavy (non-hydrogen) atoms. The second-order valence-electron chi connectivity index (χ2n) is 8.76. The van der Waals surface area contributed by atoms with Gasteiger partial charge in [-0.25, -0.2) is 0 Å². The zero-order valence-electron chi connectivity index (χ0n) is 19.5. The van der Waals surface area contributed by atoms with Crippen molar-refractivity contribution in [1.29, 1.82) is 0 Å². The summed E-state index contributed by atoms with van der Waals surface area (Å²) < 4.78 is 17.4. The molecule has 1 amide bonds. The predicted molar refractivity (Wildman–Crippen MR) is 131 cm³/mol. The van der Waals surface area contributed by atoms with Gasteiger partial charge in [0.1, 0.15) is 5.75 Å². The molecule has 178 valence electrons. The number of benzene rings is 2. The van der Waals surface area contributed by atoms with Crippen LogP contribution < -0.4 is 14.2 Å². The third-order valence-electron chi connectivity index (χ3n) is 6.57. The molecule has 8 heteroatoms. The molecule has 0 bridgehead atoms. The molecule has 0 radical (unpaired) electrons. The lowest BCUT2D eigenvalue weighted by Crippen LogP contribution is -2.38. The average molecular weight is 481 g/mol. The van der Waals surface area contributed by atoms with E-state index < -0.39 is 11.7 Å². The predicted octanol–water partition coefficient (Wildman–Crippen LogP) is 3.77. The van der Waals surface area contributed by atoms with Crippen molar-refractivity contribution in [3.8, 4) is 17.2 Å². The normalized spacial score (nSPS) is 15.2. The van der Waals surface area contributed by atoms with Gasteiger partial charge in [0, 0.05) is 29.9 Å². The molecule has 7 nitrogen and oxygen atoms in total. The van der Waals surface area contributed by atoms with Gasteiger partial charge in [-0.2, -0.15) is 0 Å². The minimum atomic E-state index is -0.458. The van der Waals surface area contributed by atoms with Crippen molar-refractivity contribution in [1.82, 2.24) is 9.80 Å². The molecule has 0 N–H and O–H groups in total. The largest absolute Gasteiger partial charge is 0.497 e. The summed E-state index contributed by atoms with van der Waals surface area (Å²) in [4.78, 5) is 29.6. The lowest BCUT2D eigenvalue weighted by atomic mass is 10.0. The Labute approximate surface area is 202 Å². The molecule has 3 heterocycles. The zero-order chi connectivity index (χ0) is 23.7. The minimum absolute atomic E-state index is 0.150. The van der Waals surface area contributed by atoms with Crippen LogP contribution in [-0.4, -0.2) is 68.6 Å². The van der Waals surface area contributed by atoms with Gasteiger partial charge in [0.15, 0.2) is 11.5 Å². The number of Topliss-reactive ketones (excluding diaryl/α,β-unsaturated/α-hetero) is 1. The third kappa shape index (κ3) is 4.48. The van der Waals surface area contributed by atoms with E-state index >= 15 is 0 Å². The lowest BCUT2D eigenvalue weighted by Gasteiger charge is -2.22. The van der Waals surface area contributed by atoms with Gasteiger partial charge in [0.25, 0.3) is 11.7 Å². The molecule has 1 aromatic heterocycles. The topological polar surface area (TPSA) is 68.3 Å². The van der Waals surface area contributed by atoms with Gasteiger partial charge in [0.2, 0.25) is 6.79 Å². The fourth-order valence-electron chi connectivity index (χ4n) is 4.57. The van der Waals surface area contributed by atoms with E-state index in [0.29, 0.717) is 36.6 Å². The van der Waals surface area contributed by atoms with Crippen LogP contribution in [0, 0.1) is 0 Å². The van der Waals surface area contributed by atoms with E-state index in [9.17, 15) is 9.59 Å². The highest BCUT2D eigenvalue weighted by atomic mass is 32.1. The Morgan fingerprint density at radius 2 is 1.94 bits per heavy atom. The molecule has 2 aliphatic rings. The fourth-order valence-corrected chi connectivity index (χ4v) is 5.59. The summed E-state index contributed by atoms with van der Waals surface area (Å²) in [6.07, 6.45) is 2.42. The summed E-state index contributed by atoms with van der Waals surface area (Å²) in [5, 5.41) is 3.51. The number of hydrogen-bond donors (Lipinski definition) is 0. The van der Waals surface area contributed by atoms with Gasteiger partial charge in [-0.3, -0.25) is 9.59 Å². The molecule has 0 atom stereocenters. The Morgan fingerprint density at radius 3 is 2.76 bits per heavy atom. The molecular formula is C26H28N2O5S. The Balaban J connectivity index is 1.13. The molecule has 2 aliphatic heterocycles. The summed E-state index contributed by atoms with van der Waals surface area (Å²) in [6, 6.07) is 9.71. The van der Waals surface area contributed by atoms with Gasteiger partial charge in [0.05, 0.1) is 7.11 Å². The van der Waals surface area contributed by atoms with Crippen LogP contribution in [0.1, 0.15) is 27.9 Å². The lowest BCUT2D eigenvalue weighted by molar-refractivity contribution is -0.126. The number of amides is 1. The van der Waals surface area contributed by atoms with Crippen molar-refractivity contribution in [3.05, 3.63) is 52.4 Å². The Hall–Kier alpha value is -3.10. The first-order chi connectivity index (χ1) is 16.5. The van der Waals surface area contributed by atoms with Crippen LogP contribution in [-0.2, 0) is 17.6 Å². The quantitative estimate of drug-likeness (QED) is 0.457. The number of ether oxygens (including phenoxy) is 3. The van der Waals surface area contributed by atoms with E-state index in [4.69, 9.17) is 14.2 Å². The van der Waals surface area contributed by atoms with Crippen molar-refractivity contribution < 1.29 is 23.8 Å². The number of fused-ring (bicyclic) bond motifs is 3. The first kappa shape index (κ1) is 22.7. The summed E-state index contributed by atoms with van der Waals surface area (Å²) in [6.45, 7) is 3.04. The molecule has 0 saturated carbocycles. The van der Waals surface area contributed by atoms with E-state index in [2.05, 4.69) is 29.5 Å². The van der Waals surface area contributed by atoms with Crippen LogP contribution in [0.2, 0.25) is 0 Å². The highest BCUT2D eigenvalue weighted by Crippen LogP contribution is 2.36. The molecule has 0 saturated heterocycles. The van der Waals surface area contributed by atoms with Crippen LogP contribution >= 0.6 is 11.3 Å². The molecule has 5 rings (SSSR count). The van der Waals surface area contributed by atoms with Gasteiger partial charge in [-0.15, -0.1) is 11.3 Å². The summed E-state index contributed by atoms with van der Waals surface area (Å²) in [7, 11) is 3.79. The van der Waals surface area contributed by atoms with Crippen LogP contribution in [0.4, 0.5) is 0 Å². The summed E-state index contributed by atoms with van der Waals surface area (Å²) in [5.41, 5.74) is 2.64. The number of nitrogens with zero attached hydrogens (tertiary/aromatic N) is 2. The molecule has 0 unspecified atom stereocenters. The first-order valence-electron chi connectivity index (χ1n) is 11.5. The maximum Gasteiger partial charge on any atom is 0.294 e. The van der Waals surface area contributed by atoms with Crippen LogP contribution in [0.15, 0.2) is 35.7 Å². The maximum absolute atomic E-state index is 12.8. The standard InChI is InChI=1S/C26H28N2O5S/c1-27(10-6-18-15-34-24-13-19(31-2)4-5-20(18)24)8-3-9-28-11-7-17-12-22-23(33-16-32-22)14-21(17)25(29)26(28)30/h4-5,12-15H,3,6-11,16H2,1-2H3. The Bertz CT molecular complexity index is 1240. The van der Waals surface area contributed by atoms with Crippen LogP contribution in [0.5, 0.6) is 17.2 Å².